The molecule has 0 unspecified atom stereocenters. The third-order valence-electron chi connectivity index (χ3n) is 5.02. The molecule has 0 saturated heterocycles. The van der Waals surface area contributed by atoms with E-state index in [0.29, 0.717) is 26.1 Å². The fraction of sp³-hybridized carbons (Fsp3) is 0.583. The highest BCUT2D eigenvalue weighted by Crippen LogP contribution is 2.37. The van der Waals surface area contributed by atoms with Gasteiger partial charge >= 0.3 is 24.2 Å². The van der Waals surface area contributed by atoms with Gasteiger partial charge in [-0.25, -0.2) is 0 Å². The molecular formula is C24H36O8. The molecule has 0 atom stereocenters. The average Bonchev–Trinajstić information content (AvgIpc) is 3.26. The first-order valence-corrected chi connectivity index (χ1v) is 10.4. The van der Waals surface area contributed by atoms with E-state index >= 15 is 0 Å². The molecule has 0 aromatic heterocycles. The molecule has 180 valence electrons. The van der Waals surface area contributed by atoms with Gasteiger partial charge in [0.15, 0.2) is 0 Å². The predicted molar refractivity (Wildman–Crippen MR) is 117 cm³/mol. The summed E-state index contributed by atoms with van der Waals surface area (Å²) < 4.78 is 10.1. The number of ether oxygens (including phenoxy) is 2. The van der Waals surface area contributed by atoms with Gasteiger partial charge < -0.3 is 9.47 Å². The molecule has 8 nitrogen and oxygen atoms in total. The molecule has 0 N–H and O–H groups in total. The minimum Gasteiger partial charge on any atom is -0.466 e. The molecule has 0 saturated carbocycles. The van der Waals surface area contributed by atoms with Crippen molar-refractivity contribution in [3.63, 3.8) is 0 Å². The Balaban J connectivity index is -0.000000423. The number of carbonyl (C=O) groups is 2. The molecule has 0 amide bonds. The maximum atomic E-state index is 11.8. The van der Waals surface area contributed by atoms with Gasteiger partial charge in [0.05, 0.1) is 24.0 Å². The van der Waals surface area contributed by atoms with Crippen molar-refractivity contribution in [1.29, 1.82) is 0 Å². The fourth-order valence-corrected chi connectivity index (χ4v) is 3.10. The van der Waals surface area contributed by atoms with Crippen LogP contribution in [0.3, 0.4) is 0 Å². The summed E-state index contributed by atoms with van der Waals surface area (Å²) in [5.74, 6) is -0.167. The van der Waals surface area contributed by atoms with Crippen LogP contribution >= 0.6 is 0 Å². The van der Waals surface area contributed by atoms with Crippen LogP contribution in [0.1, 0.15) is 66.2 Å². The quantitative estimate of drug-likeness (QED) is 0.357. The van der Waals surface area contributed by atoms with Gasteiger partial charge in [-0.1, -0.05) is 38.2 Å². The minimum atomic E-state index is -0.445. The van der Waals surface area contributed by atoms with Gasteiger partial charge in [-0.3, -0.25) is 9.59 Å². The van der Waals surface area contributed by atoms with E-state index in [1.165, 1.54) is 0 Å². The Morgan fingerprint density at radius 1 is 0.906 bits per heavy atom. The van der Waals surface area contributed by atoms with Crippen LogP contribution in [-0.4, -0.2) is 37.5 Å². The van der Waals surface area contributed by atoms with Crippen LogP contribution in [-0.2, 0) is 38.2 Å². The van der Waals surface area contributed by atoms with Crippen molar-refractivity contribution in [2.45, 2.75) is 66.2 Å². The number of allylic oxidation sites excluding steroid dienone is 4. The van der Waals surface area contributed by atoms with Gasteiger partial charge in [0.25, 0.3) is 0 Å². The SMILES string of the molecule is C=CCC(CC)(CC=C)C(=O)OCC.CCOC(=O)C1(CC)CC=CC1.O=C=O.O=C=O. The Hall–Kier alpha value is -3.08. The smallest absolute Gasteiger partial charge is 0.373 e. The van der Waals surface area contributed by atoms with Crippen molar-refractivity contribution < 1.29 is 38.2 Å². The van der Waals surface area contributed by atoms with Crippen LogP contribution in [0.4, 0.5) is 0 Å². The maximum Gasteiger partial charge on any atom is 0.373 e. The van der Waals surface area contributed by atoms with Gasteiger partial charge in [-0.15, -0.1) is 13.2 Å². The molecule has 0 aromatic carbocycles. The van der Waals surface area contributed by atoms with E-state index in [0.717, 1.165) is 25.7 Å². The highest BCUT2D eigenvalue weighted by Gasteiger charge is 2.38. The molecule has 1 aliphatic carbocycles. The van der Waals surface area contributed by atoms with E-state index < -0.39 is 5.41 Å². The van der Waals surface area contributed by atoms with Crippen LogP contribution in [0.5, 0.6) is 0 Å². The molecule has 0 heterocycles. The summed E-state index contributed by atoms with van der Waals surface area (Å²) in [6, 6.07) is 0. The average molecular weight is 453 g/mol. The number of hydrogen-bond acceptors (Lipinski definition) is 8. The first-order valence-electron chi connectivity index (χ1n) is 10.4. The Morgan fingerprint density at radius 3 is 1.59 bits per heavy atom. The molecule has 0 fully saturated rings. The molecule has 0 bridgehead atoms. The van der Waals surface area contributed by atoms with Crippen LogP contribution in [0, 0.1) is 10.8 Å². The summed E-state index contributed by atoms with van der Waals surface area (Å²) in [5.41, 5.74) is -0.671. The number of rotatable bonds is 10. The largest absolute Gasteiger partial charge is 0.466 e. The second kappa shape index (κ2) is 21.2. The zero-order chi connectivity index (χ0) is 25.5. The van der Waals surface area contributed by atoms with Gasteiger partial charge in [0, 0.05) is 0 Å². The van der Waals surface area contributed by atoms with E-state index in [1.54, 1.807) is 12.2 Å². The maximum absolute atomic E-state index is 11.8. The van der Waals surface area contributed by atoms with E-state index in [9.17, 15) is 9.59 Å². The van der Waals surface area contributed by atoms with Crippen molar-refractivity contribution in [1.82, 2.24) is 0 Å². The normalized spacial score (nSPS) is 12.5. The third kappa shape index (κ3) is 12.6. The van der Waals surface area contributed by atoms with Crippen LogP contribution in [0.15, 0.2) is 37.5 Å². The summed E-state index contributed by atoms with van der Waals surface area (Å²) >= 11 is 0. The van der Waals surface area contributed by atoms with E-state index in [-0.39, 0.29) is 29.7 Å². The lowest BCUT2D eigenvalue weighted by Crippen LogP contribution is -2.31. The van der Waals surface area contributed by atoms with E-state index in [4.69, 9.17) is 28.7 Å². The zero-order valence-corrected chi connectivity index (χ0v) is 19.6. The van der Waals surface area contributed by atoms with E-state index in [1.807, 2.05) is 27.7 Å². The first kappa shape index (κ1) is 33.6. The number of esters is 2. The molecule has 1 aliphatic rings. The molecular weight excluding hydrogens is 416 g/mol. The molecule has 0 aliphatic heterocycles. The molecule has 8 heteroatoms. The van der Waals surface area contributed by atoms with Crippen molar-refractivity contribution in [2.75, 3.05) is 13.2 Å². The summed E-state index contributed by atoms with van der Waals surface area (Å²) in [5, 5.41) is 0. The summed E-state index contributed by atoms with van der Waals surface area (Å²) in [6.45, 7) is 16.0. The third-order valence-corrected chi connectivity index (χ3v) is 5.02. The van der Waals surface area contributed by atoms with E-state index in [2.05, 4.69) is 25.3 Å². The topological polar surface area (TPSA) is 121 Å². The number of carbonyl (C=O) groups excluding carboxylic acids is 6. The highest BCUT2D eigenvalue weighted by atomic mass is 16.5. The van der Waals surface area contributed by atoms with Crippen LogP contribution in [0.2, 0.25) is 0 Å². The summed E-state index contributed by atoms with van der Waals surface area (Å²) in [4.78, 5) is 55.8. The first-order chi connectivity index (χ1) is 15.2. The lowest BCUT2D eigenvalue weighted by Gasteiger charge is -2.27. The van der Waals surface area contributed by atoms with Crippen molar-refractivity contribution >= 4 is 24.2 Å². The number of hydrogen-bond donors (Lipinski definition) is 0. The Labute approximate surface area is 190 Å². The lowest BCUT2D eigenvalue weighted by molar-refractivity contribution is -0.193. The summed E-state index contributed by atoms with van der Waals surface area (Å²) in [6.07, 6.45) is 12.8. The standard InChI is InChI=1S/C12H20O2.C10H16O2.2CO2/c1-5-9-12(7-3,10-6-2)11(13)14-8-4;1-3-10(7-5-6-8-10)9(11)12-4-2;2*2-1-3/h5-6H,1-2,7-10H2,3-4H3;5-6H,3-4,7-8H2,1-2H3;;. The van der Waals surface area contributed by atoms with Gasteiger partial charge in [-0.2, -0.15) is 19.2 Å². The van der Waals surface area contributed by atoms with Gasteiger partial charge in [0.1, 0.15) is 0 Å². The Morgan fingerprint density at radius 2 is 1.31 bits per heavy atom. The minimum absolute atomic E-state index is 0.0301. The molecule has 0 radical (unpaired) electrons. The van der Waals surface area contributed by atoms with Crippen LogP contribution in [0.25, 0.3) is 0 Å². The van der Waals surface area contributed by atoms with Crippen molar-refractivity contribution in [3.8, 4) is 0 Å². The predicted octanol–water partition coefficient (Wildman–Crippen LogP) is 4.23. The van der Waals surface area contributed by atoms with Crippen molar-refractivity contribution in [2.24, 2.45) is 10.8 Å². The van der Waals surface area contributed by atoms with Gasteiger partial charge in [-0.05, 0) is 52.4 Å². The highest BCUT2D eigenvalue weighted by molar-refractivity contribution is 5.78. The van der Waals surface area contributed by atoms with Crippen molar-refractivity contribution in [3.05, 3.63) is 37.5 Å². The molecule has 1 rings (SSSR count). The Kier molecular flexibility index (Phi) is 22.2. The molecule has 0 spiro atoms. The zero-order valence-electron chi connectivity index (χ0n) is 19.6. The molecule has 32 heavy (non-hydrogen) atoms. The van der Waals surface area contributed by atoms with Crippen LogP contribution < -0.4 is 0 Å². The monoisotopic (exact) mass is 452 g/mol. The lowest BCUT2D eigenvalue weighted by atomic mass is 9.79. The summed E-state index contributed by atoms with van der Waals surface area (Å²) in [7, 11) is 0. The molecule has 0 aromatic rings. The Bertz CT molecular complexity index is 621. The fourth-order valence-electron chi connectivity index (χ4n) is 3.10. The second-order valence-electron chi connectivity index (χ2n) is 6.74. The van der Waals surface area contributed by atoms with Gasteiger partial charge in [0.2, 0.25) is 0 Å². The second-order valence-corrected chi connectivity index (χ2v) is 6.74.